The molecule has 11 rings (SSSR count). The van der Waals surface area contributed by atoms with Crippen LogP contribution in [0.1, 0.15) is 11.1 Å². The number of anilines is 6. The summed E-state index contributed by atoms with van der Waals surface area (Å²) >= 11 is 0. The number of nitrogens with zero attached hydrogens (tertiary/aromatic N) is 3. The lowest BCUT2D eigenvalue weighted by Crippen LogP contribution is -2.11. The molecule has 3 heteroatoms. The lowest BCUT2D eigenvalue weighted by molar-refractivity contribution is 1.18. The van der Waals surface area contributed by atoms with Gasteiger partial charge in [-0.3, -0.25) is 0 Å². The highest BCUT2D eigenvalue weighted by atomic mass is 15.2. The fraction of sp³-hybridized carbons (Fsp3) is 0.0345. The second-order valence-electron chi connectivity index (χ2n) is 15.9. The Morgan fingerprint density at radius 1 is 0.311 bits per heavy atom. The average molecular weight is 782 g/mol. The van der Waals surface area contributed by atoms with Gasteiger partial charge in [0.15, 0.2) is 0 Å². The molecule has 0 saturated heterocycles. The summed E-state index contributed by atoms with van der Waals surface area (Å²) in [6.07, 6.45) is 0. The Balaban J connectivity index is 1.29. The van der Waals surface area contributed by atoms with Crippen molar-refractivity contribution in [2.75, 3.05) is 9.80 Å². The summed E-state index contributed by atoms with van der Waals surface area (Å²) < 4.78 is 2.50. The molecule has 0 radical (unpaired) electrons. The molecule has 1 aromatic heterocycles. The third kappa shape index (κ3) is 6.30. The van der Waals surface area contributed by atoms with Crippen LogP contribution in [0.25, 0.3) is 60.2 Å². The molecule has 0 saturated carbocycles. The monoisotopic (exact) mass is 781 g/mol. The topological polar surface area (TPSA) is 11.4 Å². The van der Waals surface area contributed by atoms with Crippen LogP contribution in [0.15, 0.2) is 224 Å². The zero-order valence-electron chi connectivity index (χ0n) is 34.2. The summed E-state index contributed by atoms with van der Waals surface area (Å²) in [7, 11) is 0. The quantitative estimate of drug-likeness (QED) is 0.152. The van der Waals surface area contributed by atoms with Gasteiger partial charge in [-0.05, 0) is 109 Å². The van der Waals surface area contributed by atoms with Crippen molar-refractivity contribution >= 4 is 77.5 Å². The largest absolute Gasteiger partial charge is 0.310 e. The molecule has 11 aromatic rings. The maximum absolute atomic E-state index is 2.50. The summed E-state index contributed by atoms with van der Waals surface area (Å²) in [6.45, 7) is 4.30. The third-order valence-corrected chi connectivity index (χ3v) is 12.1. The maximum Gasteiger partial charge on any atom is 0.0568 e. The minimum Gasteiger partial charge on any atom is -0.310 e. The van der Waals surface area contributed by atoms with E-state index >= 15 is 0 Å². The fourth-order valence-corrected chi connectivity index (χ4v) is 9.17. The van der Waals surface area contributed by atoms with Gasteiger partial charge in [-0.1, -0.05) is 163 Å². The summed E-state index contributed by atoms with van der Waals surface area (Å²) in [5, 5.41) is 7.28. The van der Waals surface area contributed by atoms with Crippen LogP contribution in [-0.2, 0) is 0 Å². The molecule has 0 amide bonds. The number of aryl methyl sites for hydroxylation is 2. The van der Waals surface area contributed by atoms with Gasteiger partial charge in [0.05, 0.1) is 22.4 Å². The van der Waals surface area contributed by atoms with Gasteiger partial charge in [-0.25, -0.2) is 0 Å². The van der Waals surface area contributed by atoms with E-state index in [1.807, 2.05) is 0 Å². The number of rotatable bonds is 8. The van der Waals surface area contributed by atoms with Crippen molar-refractivity contribution in [2.24, 2.45) is 0 Å². The van der Waals surface area contributed by atoms with Crippen LogP contribution in [0, 0.1) is 13.8 Å². The van der Waals surface area contributed by atoms with Gasteiger partial charge < -0.3 is 14.4 Å². The first-order valence-electron chi connectivity index (χ1n) is 21.0. The van der Waals surface area contributed by atoms with Crippen molar-refractivity contribution in [2.45, 2.75) is 13.8 Å². The molecule has 0 atom stereocenters. The van der Waals surface area contributed by atoms with Gasteiger partial charge >= 0.3 is 0 Å². The predicted octanol–water partition coefficient (Wildman–Crippen LogP) is 16.3. The van der Waals surface area contributed by atoms with Crippen LogP contribution in [0.3, 0.4) is 0 Å². The van der Waals surface area contributed by atoms with Crippen LogP contribution in [0.5, 0.6) is 0 Å². The molecule has 0 aliphatic heterocycles. The lowest BCUT2D eigenvalue weighted by Gasteiger charge is -2.27. The molecular weight excluding hydrogens is 739 g/mol. The Morgan fingerprint density at radius 3 is 1.08 bits per heavy atom. The van der Waals surface area contributed by atoms with Gasteiger partial charge in [0, 0.05) is 50.0 Å². The van der Waals surface area contributed by atoms with Crippen LogP contribution < -0.4 is 9.80 Å². The van der Waals surface area contributed by atoms with Gasteiger partial charge in [0.25, 0.3) is 0 Å². The SMILES string of the molecule is Cc1ccc(N(c2ccccc2)c2cc3c(c4ccccc24)c2c4ccccc4c(N(c4ccccc4)c4ccc(C)cc4)cc2n3-c2ccc(-c3ccccc3)cc2)cc1. The number of para-hydroxylation sites is 2. The molecule has 0 fully saturated rings. The van der Waals surface area contributed by atoms with E-state index in [1.54, 1.807) is 0 Å². The molecule has 10 aromatic carbocycles. The third-order valence-electron chi connectivity index (χ3n) is 12.1. The lowest BCUT2D eigenvalue weighted by atomic mass is 9.96. The molecule has 0 unspecified atom stereocenters. The molecule has 61 heavy (non-hydrogen) atoms. The number of benzene rings is 10. The second kappa shape index (κ2) is 15.1. The minimum atomic E-state index is 1.10. The Kier molecular flexibility index (Phi) is 8.94. The molecule has 0 aliphatic rings. The van der Waals surface area contributed by atoms with E-state index in [1.165, 1.54) is 54.6 Å². The molecule has 0 aliphatic carbocycles. The summed E-state index contributed by atoms with van der Waals surface area (Å²) in [4.78, 5) is 4.83. The Labute approximate surface area is 356 Å². The van der Waals surface area contributed by atoms with Crippen molar-refractivity contribution in [1.82, 2.24) is 4.57 Å². The highest BCUT2D eigenvalue weighted by Gasteiger charge is 2.25. The van der Waals surface area contributed by atoms with E-state index < -0.39 is 0 Å². The van der Waals surface area contributed by atoms with Crippen LogP contribution in [0.4, 0.5) is 34.1 Å². The number of hydrogen-bond donors (Lipinski definition) is 0. The Bertz CT molecular complexity index is 3150. The van der Waals surface area contributed by atoms with Crippen molar-refractivity contribution in [3.8, 4) is 16.8 Å². The van der Waals surface area contributed by atoms with E-state index in [0.717, 1.165) is 50.8 Å². The highest BCUT2D eigenvalue weighted by molar-refractivity contribution is 6.32. The Hall–Kier alpha value is -7.88. The first-order valence-corrected chi connectivity index (χ1v) is 21.0. The molecule has 0 spiro atoms. The zero-order chi connectivity index (χ0) is 40.9. The normalized spacial score (nSPS) is 11.4. The molecule has 0 bridgehead atoms. The minimum absolute atomic E-state index is 1.10. The van der Waals surface area contributed by atoms with Crippen molar-refractivity contribution < 1.29 is 0 Å². The highest BCUT2D eigenvalue weighted by Crippen LogP contribution is 2.50. The van der Waals surface area contributed by atoms with E-state index in [2.05, 4.69) is 253 Å². The average Bonchev–Trinajstić information content (AvgIpc) is 3.66. The second-order valence-corrected chi connectivity index (χ2v) is 15.9. The Morgan fingerprint density at radius 2 is 0.656 bits per heavy atom. The molecular formula is C58H43N3. The first-order chi connectivity index (χ1) is 30.1. The molecule has 1 heterocycles. The van der Waals surface area contributed by atoms with Crippen LogP contribution in [0.2, 0.25) is 0 Å². The smallest absolute Gasteiger partial charge is 0.0568 e. The summed E-state index contributed by atoms with van der Waals surface area (Å²) in [5.74, 6) is 0. The maximum atomic E-state index is 2.50. The van der Waals surface area contributed by atoms with Gasteiger partial charge in [-0.2, -0.15) is 0 Å². The van der Waals surface area contributed by atoms with E-state index in [0.29, 0.717) is 0 Å². The van der Waals surface area contributed by atoms with Crippen molar-refractivity contribution in [3.05, 3.63) is 236 Å². The number of fused-ring (bicyclic) bond motifs is 7. The van der Waals surface area contributed by atoms with Crippen LogP contribution in [-0.4, -0.2) is 4.57 Å². The predicted molar refractivity (Wildman–Crippen MR) is 260 cm³/mol. The standard InChI is InChI=1S/C58H43N3/c1-40-26-32-46(33-27-40)59(44-18-8-4-9-19-44)53-38-55-57(51-24-14-12-22-49(51)53)58-52-25-15-13-23-50(52)54(60(45-20-10-5-11-21-45)47-34-28-41(2)29-35-47)39-56(58)61(55)48-36-30-43(31-37-48)42-16-6-3-7-17-42/h3-39H,1-2H3. The number of hydrogen-bond acceptors (Lipinski definition) is 2. The molecule has 0 N–H and O–H groups in total. The van der Waals surface area contributed by atoms with Crippen molar-refractivity contribution in [1.29, 1.82) is 0 Å². The number of aromatic nitrogens is 1. The molecule has 3 nitrogen and oxygen atoms in total. The summed E-state index contributed by atoms with van der Waals surface area (Å²) in [5.41, 5.74) is 14.9. The van der Waals surface area contributed by atoms with Crippen molar-refractivity contribution in [3.63, 3.8) is 0 Å². The van der Waals surface area contributed by atoms with Gasteiger partial charge in [0.1, 0.15) is 0 Å². The van der Waals surface area contributed by atoms with Gasteiger partial charge in [0.2, 0.25) is 0 Å². The summed E-state index contributed by atoms with van der Waals surface area (Å²) in [6, 6.07) is 81.8. The van der Waals surface area contributed by atoms with E-state index in [4.69, 9.17) is 0 Å². The van der Waals surface area contributed by atoms with E-state index in [9.17, 15) is 0 Å². The zero-order valence-corrected chi connectivity index (χ0v) is 34.2. The molecule has 290 valence electrons. The van der Waals surface area contributed by atoms with Gasteiger partial charge in [-0.15, -0.1) is 0 Å². The fourth-order valence-electron chi connectivity index (χ4n) is 9.17. The van der Waals surface area contributed by atoms with Crippen LogP contribution >= 0.6 is 0 Å². The van der Waals surface area contributed by atoms with E-state index in [-0.39, 0.29) is 0 Å². The first kappa shape index (κ1) is 36.2.